The van der Waals surface area contributed by atoms with Crippen LogP contribution in [-0.4, -0.2) is 29.1 Å². The van der Waals surface area contributed by atoms with Crippen LogP contribution in [0.3, 0.4) is 0 Å². The highest BCUT2D eigenvalue weighted by Gasteiger charge is 2.38. The highest BCUT2D eigenvalue weighted by atomic mass is 16.5. The van der Waals surface area contributed by atoms with Crippen molar-refractivity contribution in [3.63, 3.8) is 0 Å². The number of carbonyl (C=O) groups excluding carboxylic acids is 1. The Hall–Kier alpha value is -1.25. The fourth-order valence-corrected chi connectivity index (χ4v) is 3.21. The molecule has 0 aromatic rings. The molecule has 18 heavy (non-hydrogen) atoms. The molecule has 3 heteroatoms. The third kappa shape index (κ3) is 2.18. The second-order valence-electron chi connectivity index (χ2n) is 5.74. The van der Waals surface area contributed by atoms with Crippen molar-refractivity contribution in [2.45, 2.75) is 58.7 Å². The number of nitrogens with zero attached hydrogens (tertiary/aromatic N) is 1. The monoisotopic (exact) mass is 249 g/mol. The van der Waals surface area contributed by atoms with Crippen molar-refractivity contribution in [1.29, 1.82) is 0 Å². The van der Waals surface area contributed by atoms with E-state index in [1.54, 1.807) is 6.08 Å². The molecule has 0 spiro atoms. The van der Waals surface area contributed by atoms with E-state index in [0.717, 1.165) is 11.3 Å². The van der Waals surface area contributed by atoms with Gasteiger partial charge in [0.1, 0.15) is 6.10 Å². The molecule has 1 saturated heterocycles. The van der Waals surface area contributed by atoms with E-state index in [1.807, 2.05) is 6.92 Å². The third-order valence-electron chi connectivity index (χ3n) is 4.17. The normalized spacial score (nSPS) is 36.3. The van der Waals surface area contributed by atoms with Gasteiger partial charge in [-0.25, -0.2) is 4.79 Å². The highest BCUT2D eigenvalue weighted by Crippen LogP contribution is 2.36. The lowest BCUT2D eigenvalue weighted by atomic mass is 9.92. The Kier molecular flexibility index (Phi) is 3.51. The lowest BCUT2D eigenvalue weighted by molar-refractivity contribution is -0.145. The topological polar surface area (TPSA) is 29.5 Å². The van der Waals surface area contributed by atoms with Crippen LogP contribution in [0.1, 0.15) is 40.5 Å². The molecule has 0 aromatic heterocycles. The fourth-order valence-electron chi connectivity index (χ4n) is 3.21. The summed E-state index contributed by atoms with van der Waals surface area (Å²) in [6, 6.07) is 1.01. The van der Waals surface area contributed by atoms with Crippen molar-refractivity contribution in [2.24, 2.45) is 5.92 Å². The van der Waals surface area contributed by atoms with Gasteiger partial charge >= 0.3 is 5.97 Å². The fraction of sp³-hybridized carbons (Fsp3) is 0.667. The van der Waals surface area contributed by atoms with Crippen LogP contribution in [0, 0.1) is 5.92 Å². The van der Waals surface area contributed by atoms with Gasteiger partial charge < -0.3 is 9.64 Å². The van der Waals surface area contributed by atoms with E-state index in [-0.39, 0.29) is 18.0 Å². The zero-order valence-corrected chi connectivity index (χ0v) is 11.8. The maximum Gasteiger partial charge on any atom is 0.333 e. The highest BCUT2D eigenvalue weighted by molar-refractivity contribution is 5.84. The van der Waals surface area contributed by atoms with E-state index in [9.17, 15) is 4.79 Å². The number of carbonyl (C=O) groups is 1. The van der Waals surface area contributed by atoms with Gasteiger partial charge in [-0.1, -0.05) is 13.5 Å². The van der Waals surface area contributed by atoms with Crippen LogP contribution in [0.5, 0.6) is 0 Å². The average molecular weight is 249 g/mol. The molecule has 0 unspecified atom stereocenters. The van der Waals surface area contributed by atoms with Crippen LogP contribution < -0.4 is 0 Å². The first-order valence-electron chi connectivity index (χ1n) is 6.77. The van der Waals surface area contributed by atoms with Crippen LogP contribution in [0.15, 0.2) is 23.9 Å². The Morgan fingerprint density at radius 2 is 1.89 bits per heavy atom. The molecule has 0 bridgehead atoms. The smallest absolute Gasteiger partial charge is 0.333 e. The number of hydrogen-bond acceptors (Lipinski definition) is 3. The molecule has 0 radical (unpaired) electrons. The van der Waals surface area contributed by atoms with Gasteiger partial charge in [-0.05, 0) is 39.2 Å². The van der Waals surface area contributed by atoms with Gasteiger partial charge in [0.25, 0.3) is 0 Å². The molecule has 2 aliphatic rings. The zero-order valence-electron chi connectivity index (χ0n) is 11.8. The first kappa shape index (κ1) is 13.2. The Labute approximate surface area is 109 Å². The molecule has 0 amide bonds. The van der Waals surface area contributed by atoms with Gasteiger partial charge in [-0.15, -0.1) is 0 Å². The number of ether oxygens (including phenoxy) is 1. The van der Waals surface area contributed by atoms with Gasteiger partial charge in [0, 0.05) is 29.8 Å². The minimum absolute atomic E-state index is 0.183. The summed E-state index contributed by atoms with van der Waals surface area (Å²) in [5, 5.41) is 0. The van der Waals surface area contributed by atoms with Gasteiger partial charge in [-0.2, -0.15) is 0 Å². The van der Waals surface area contributed by atoms with E-state index in [0.29, 0.717) is 12.1 Å². The molecule has 2 aliphatic heterocycles. The Balaban J connectivity index is 2.31. The molecule has 3 nitrogen and oxygen atoms in total. The second-order valence-corrected chi connectivity index (χ2v) is 5.74. The predicted molar refractivity (Wildman–Crippen MR) is 71.9 cm³/mol. The van der Waals surface area contributed by atoms with Gasteiger partial charge in [0.15, 0.2) is 0 Å². The molecule has 100 valence electrons. The summed E-state index contributed by atoms with van der Waals surface area (Å²) in [4.78, 5) is 14.1. The molecular weight excluding hydrogens is 226 g/mol. The van der Waals surface area contributed by atoms with Crippen LogP contribution in [0.2, 0.25) is 0 Å². The number of rotatable bonds is 2. The Morgan fingerprint density at radius 3 is 2.39 bits per heavy atom. The first-order valence-corrected chi connectivity index (χ1v) is 6.77. The molecule has 0 aliphatic carbocycles. The van der Waals surface area contributed by atoms with E-state index < -0.39 is 0 Å². The Bertz CT molecular complexity index is 389. The minimum Gasteiger partial charge on any atom is -0.454 e. The van der Waals surface area contributed by atoms with Crippen molar-refractivity contribution in [3.05, 3.63) is 23.9 Å². The van der Waals surface area contributed by atoms with Crippen LogP contribution in [0.25, 0.3) is 0 Å². The Morgan fingerprint density at radius 1 is 1.33 bits per heavy atom. The lowest BCUT2D eigenvalue weighted by Gasteiger charge is -2.39. The van der Waals surface area contributed by atoms with Crippen LogP contribution in [0.4, 0.5) is 0 Å². The maximum absolute atomic E-state index is 11.7. The molecule has 4 atom stereocenters. The summed E-state index contributed by atoms with van der Waals surface area (Å²) in [5.41, 5.74) is 2.04. The average Bonchev–Trinajstić information content (AvgIpc) is 2.61. The molecule has 2 heterocycles. The van der Waals surface area contributed by atoms with Crippen LogP contribution >= 0.6 is 0 Å². The summed E-state index contributed by atoms with van der Waals surface area (Å²) in [7, 11) is 0. The first-order chi connectivity index (χ1) is 8.41. The van der Waals surface area contributed by atoms with E-state index in [4.69, 9.17) is 4.74 Å². The molecule has 0 saturated carbocycles. The molecular formula is C15H23NO2. The van der Waals surface area contributed by atoms with E-state index in [1.165, 1.54) is 12.8 Å². The van der Waals surface area contributed by atoms with Crippen molar-refractivity contribution < 1.29 is 9.53 Å². The van der Waals surface area contributed by atoms with Crippen molar-refractivity contribution in [1.82, 2.24) is 4.90 Å². The van der Waals surface area contributed by atoms with Gasteiger partial charge in [0.2, 0.25) is 0 Å². The van der Waals surface area contributed by atoms with E-state index >= 15 is 0 Å². The number of cyclic esters (lactones) is 1. The van der Waals surface area contributed by atoms with Gasteiger partial charge in [0.05, 0.1) is 0 Å². The SMILES string of the molecule is C=C(C)[C@H]1OC(=O)C=C(N2[C@H](C)CC[C@H]2C)[C@H]1C. The largest absolute Gasteiger partial charge is 0.454 e. The summed E-state index contributed by atoms with van der Waals surface area (Å²) < 4.78 is 5.38. The van der Waals surface area contributed by atoms with Crippen molar-refractivity contribution in [3.8, 4) is 0 Å². The van der Waals surface area contributed by atoms with Crippen molar-refractivity contribution >= 4 is 5.97 Å². The van der Waals surface area contributed by atoms with E-state index in [2.05, 4.69) is 32.3 Å². The molecule has 2 rings (SSSR count). The summed E-state index contributed by atoms with van der Waals surface area (Å²) in [6.45, 7) is 12.4. The standard InChI is InChI=1S/C15H23NO2/c1-9(2)15-12(5)13(8-14(17)18-15)16-10(3)6-7-11(16)4/h8,10-12,15H,1,6-7H2,2-5H3/t10-,11-,12-,15-/m1/s1. The lowest BCUT2D eigenvalue weighted by Crippen LogP contribution is -2.42. The molecule has 0 N–H and O–H groups in total. The molecule has 1 fully saturated rings. The van der Waals surface area contributed by atoms with Crippen molar-refractivity contribution in [2.75, 3.05) is 0 Å². The number of hydrogen-bond donors (Lipinski definition) is 0. The maximum atomic E-state index is 11.7. The van der Waals surface area contributed by atoms with Gasteiger partial charge in [-0.3, -0.25) is 0 Å². The third-order valence-corrected chi connectivity index (χ3v) is 4.17. The molecule has 0 aromatic carbocycles. The predicted octanol–water partition coefficient (Wildman–Crippen LogP) is 2.88. The summed E-state index contributed by atoms with van der Waals surface area (Å²) >= 11 is 0. The zero-order chi connectivity index (χ0) is 13.4. The second kappa shape index (κ2) is 4.79. The quantitative estimate of drug-likeness (QED) is 0.556. The minimum atomic E-state index is -0.234. The number of esters is 1. The van der Waals surface area contributed by atoms with Crippen LogP contribution in [-0.2, 0) is 9.53 Å². The summed E-state index contributed by atoms with van der Waals surface area (Å²) in [6.07, 6.45) is 3.87. The summed E-state index contributed by atoms with van der Waals surface area (Å²) in [5.74, 6) is -0.0365. The number of likely N-dealkylation sites (tertiary alicyclic amines) is 1.